The number of hydrogen-bond donors (Lipinski definition) is 3. The predicted molar refractivity (Wildman–Crippen MR) is 93.8 cm³/mol. The Kier molecular flexibility index (Phi) is 5.40. The maximum absolute atomic E-state index is 14.0. The molecule has 1 heterocycles. The van der Waals surface area contributed by atoms with E-state index < -0.39 is 5.82 Å². The number of nitrogens with two attached hydrogens (primary N) is 1. The first kappa shape index (κ1) is 16.4. The summed E-state index contributed by atoms with van der Waals surface area (Å²) in [4.78, 5) is 3.88. The minimum Gasteiger partial charge on any atom is -0.490 e. The first-order valence-corrected chi connectivity index (χ1v) is 8.02. The predicted octanol–water partition coefficient (Wildman–Crippen LogP) is 2.75. The summed E-state index contributed by atoms with van der Waals surface area (Å²) < 4.78 is 20.0. The monoisotopic (exact) mass is 328 g/mol. The van der Waals surface area contributed by atoms with E-state index in [1.165, 1.54) is 12.4 Å². The van der Waals surface area contributed by atoms with E-state index in [0.717, 1.165) is 42.8 Å². The topological polar surface area (TPSA) is 71.7 Å². The maximum atomic E-state index is 14.0. The van der Waals surface area contributed by atoms with Gasteiger partial charge in [0.2, 0.25) is 0 Å². The molecule has 0 aliphatic carbocycles. The number of ether oxygens (including phenoxy) is 1. The van der Waals surface area contributed by atoms with Gasteiger partial charge in [-0.3, -0.25) is 0 Å². The first-order valence-electron chi connectivity index (χ1n) is 8.02. The van der Waals surface area contributed by atoms with Gasteiger partial charge in [-0.25, -0.2) is 15.2 Å². The van der Waals surface area contributed by atoms with E-state index in [4.69, 9.17) is 10.6 Å². The van der Waals surface area contributed by atoms with Crippen LogP contribution in [0.4, 0.5) is 10.1 Å². The van der Waals surface area contributed by atoms with E-state index in [-0.39, 0.29) is 11.8 Å². The number of hydrogen-bond acceptors (Lipinski definition) is 4. The van der Waals surface area contributed by atoms with E-state index in [0.29, 0.717) is 0 Å². The number of benzene rings is 2. The molecule has 0 unspecified atom stereocenters. The smallest absolute Gasteiger partial charge is 0.149 e. The Hall–Kier alpha value is -2.44. The molecule has 1 aliphatic rings. The van der Waals surface area contributed by atoms with E-state index >= 15 is 0 Å². The molecule has 3 rings (SSSR count). The summed E-state index contributed by atoms with van der Waals surface area (Å²) in [5, 5.41) is 3.32. The lowest BCUT2D eigenvalue weighted by molar-refractivity contribution is 0.162. The Morgan fingerprint density at radius 2 is 1.83 bits per heavy atom. The second-order valence-corrected chi connectivity index (χ2v) is 5.68. The van der Waals surface area contributed by atoms with Gasteiger partial charge in [0.05, 0.1) is 0 Å². The number of nitrogens with one attached hydrogen (secondary N) is 2. The van der Waals surface area contributed by atoms with Gasteiger partial charge in [-0.1, -0.05) is 18.2 Å². The molecule has 0 bridgehead atoms. The Balaban J connectivity index is 1.70. The summed E-state index contributed by atoms with van der Waals surface area (Å²) in [5.74, 6) is 5.55. The van der Waals surface area contributed by atoms with Crippen LogP contribution in [0, 0.1) is 5.82 Å². The Morgan fingerprint density at radius 3 is 2.50 bits per heavy atom. The maximum Gasteiger partial charge on any atom is 0.149 e. The molecule has 1 fully saturated rings. The average Bonchev–Trinajstić information content (AvgIpc) is 2.62. The van der Waals surface area contributed by atoms with E-state index in [2.05, 4.69) is 15.7 Å². The molecule has 1 saturated heterocycles. The molecule has 0 atom stereocenters. The summed E-state index contributed by atoms with van der Waals surface area (Å²) in [7, 11) is 0. The van der Waals surface area contributed by atoms with E-state index in [9.17, 15) is 4.39 Å². The molecule has 6 heteroatoms. The molecule has 4 N–H and O–H groups in total. The molecule has 1 aliphatic heterocycles. The standard InChI is InChI=1S/C18H21FN4O/c19-17-11-14(3-6-18(17)22-12-23-20)13-1-4-15(5-2-13)24-16-7-9-21-10-8-16/h1-6,11-12,16,21H,7-10,20H2,(H,22,23). The van der Waals surface area contributed by atoms with Crippen molar-refractivity contribution in [1.82, 2.24) is 10.7 Å². The third kappa shape index (κ3) is 4.10. The van der Waals surface area contributed by atoms with Gasteiger partial charge >= 0.3 is 0 Å². The molecular formula is C18H21FN4O. The second-order valence-electron chi connectivity index (χ2n) is 5.68. The number of piperidine rings is 1. The molecule has 0 spiro atoms. The van der Waals surface area contributed by atoms with Crippen molar-refractivity contribution in [2.24, 2.45) is 10.8 Å². The summed E-state index contributed by atoms with van der Waals surface area (Å²) in [6, 6.07) is 12.7. The van der Waals surface area contributed by atoms with Gasteiger partial charge in [-0.15, -0.1) is 0 Å². The van der Waals surface area contributed by atoms with Gasteiger partial charge < -0.3 is 15.5 Å². The first-order chi connectivity index (χ1) is 11.8. The zero-order valence-electron chi connectivity index (χ0n) is 13.3. The third-order valence-electron chi connectivity index (χ3n) is 4.00. The van der Waals surface area contributed by atoms with Crippen molar-refractivity contribution >= 4 is 12.0 Å². The van der Waals surface area contributed by atoms with Crippen LogP contribution in [0.1, 0.15) is 12.8 Å². The highest BCUT2D eigenvalue weighted by Gasteiger charge is 2.14. The molecule has 0 aromatic heterocycles. The van der Waals surface area contributed by atoms with Gasteiger partial charge in [0.25, 0.3) is 0 Å². The Bertz CT molecular complexity index is 697. The highest BCUT2D eigenvalue weighted by molar-refractivity contribution is 5.68. The van der Waals surface area contributed by atoms with Gasteiger partial charge in [0.1, 0.15) is 29.7 Å². The van der Waals surface area contributed by atoms with Crippen molar-refractivity contribution in [1.29, 1.82) is 0 Å². The normalized spacial score (nSPS) is 15.6. The highest BCUT2D eigenvalue weighted by atomic mass is 19.1. The molecule has 2 aromatic rings. The van der Waals surface area contributed by atoms with Gasteiger partial charge in [-0.2, -0.15) is 0 Å². The molecule has 0 radical (unpaired) electrons. The van der Waals surface area contributed by atoms with Crippen LogP contribution in [0.25, 0.3) is 11.1 Å². The van der Waals surface area contributed by atoms with Gasteiger partial charge in [0.15, 0.2) is 0 Å². The van der Waals surface area contributed by atoms with Crippen LogP contribution in [0.2, 0.25) is 0 Å². The van der Waals surface area contributed by atoms with Crippen LogP contribution in [0.3, 0.4) is 0 Å². The number of aliphatic imine (C=N–C) groups is 1. The summed E-state index contributed by atoms with van der Waals surface area (Å²) >= 11 is 0. The Labute approximate surface area is 140 Å². The fourth-order valence-electron chi connectivity index (χ4n) is 2.73. The van der Waals surface area contributed by atoms with Gasteiger partial charge in [-0.05, 0) is 61.3 Å². The van der Waals surface area contributed by atoms with E-state index in [1.54, 1.807) is 6.07 Å². The van der Waals surface area contributed by atoms with Crippen LogP contribution in [0.5, 0.6) is 5.75 Å². The number of hydrazine groups is 1. The fourth-order valence-corrected chi connectivity index (χ4v) is 2.73. The molecule has 5 nitrogen and oxygen atoms in total. The SMILES string of the molecule is NNC=Nc1ccc(-c2ccc(OC3CCNCC3)cc2)cc1F. The minimum atomic E-state index is -0.394. The van der Waals surface area contributed by atoms with Crippen molar-refractivity contribution in [3.05, 3.63) is 48.3 Å². The van der Waals surface area contributed by atoms with Crippen molar-refractivity contribution < 1.29 is 9.13 Å². The lowest BCUT2D eigenvalue weighted by Crippen LogP contribution is -2.34. The second kappa shape index (κ2) is 7.90. The molecule has 24 heavy (non-hydrogen) atoms. The van der Waals surface area contributed by atoms with E-state index in [1.807, 2.05) is 30.3 Å². The average molecular weight is 328 g/mol. The molecule has 2 aromatic carbocycles. The number of halogens is 1. The highest BCUT2D eigenvalue weighted by Crippen LogP contribution is 2.27. The number of nitrogens with zero attached hydrogens (tertiary/aromatic N) is 1. The summed E-state index contributed by atoms with van der Waals surface area (Å²) in [5.41, 5.74) is 4.21. The molecule has 0 saturated carbocycles. The lowest BCUT2D eigenvalue weighted by Gasteiger charge is -2.23. The minimum absolute atomic E-state index is 0.238. The zero-order chi connectivity index (χ0) is 16.8. The van der Waals surface area contributed by atoms with Crippen LogP contribution < -0.4 is 21.3 Å². The lowest BCUT2D eigenvalue weighted by atomic mass is 10.0. The molecule has 0 amide bonds. The van der Waals surface area contributed by atoms with Crippen molar-refractivity contribution in [2.45, 2.75) is 18.9 Å². The largest absolute Gasteiger partial charge is 0.490 e. The molecule has 126 valence electrons. The Morgan fingerprint density at radius 1 is 1.12 bits per heavy atom. The van der Waals surface area contributed by atoms with Crippen molar-refractivity contribution in [3.8, 4) is 16.9 Å². The van der Waals surface area contributed by atoms with Crippen molar-refractivity contribution in [2.75, 3.05) is 13.1 Å². The zero-order valence-corrected chi connectivity index (χ0v) is 13.3. The number of rotatable bonds is 5. The fraction of sp³-hybridized carbons (Fsp3) is 0.278. The van der Waals surface area contributed by atoms with Crippen LogP contribution >= 0.6 is 0 Å². The van der Waals surface area contributed by atoms with Crippen LogP contribution in [-0.4, -0.2) is 25.5 Å². The quantitative estimate of drug-likeness (QED) is 0.342. The van der Waals surface area contributed by atoms with Crippen molar-refractivity contribution in [3.63, 3.8) is 0 Å². The van der Waals surface area contributed by atoms with Gasteiger partial charge in [0, 0.05) is 0 Å². The third-order valence-corrected chi connectivity index (χ3v) is 4.00. The van der Waals surface area contributed by atoms with Crippen LogP contribution in [0.15, 0.2) is 47.5 Å². The summed E-state index contributed by atoms with van der Waals surface area (Å²) in [6.45, 7) is 1.99. The van der Waals surface area contributed by atoms with Crippen LogP contribution in [-0.2, 0) is 0 Å². The molecular weight excluding hydrogens is 307 g/mol. The summed E-state index contributed by atoms with van der Waals surface area (Å²) in [6.07, 6.45) is 3.55.